The maximum Gasteiger partial charge on any atom is 0.241 e. The van der Waals surface area contributed by atoms with Gasteiger partial charge in [0.1, 0.15) is 9.79 Å². The number of azo groups is 1. The van der Waals surface area contributed by atoms with Gasteiger partial charge in [0.2, 0.25) is 20.0 Å². The Kier molecular flexibility index (Phi) is 5.88. The molecule has 1 fully saturated rings. The lowest BCUT2D eigenvalue weighted by Crippen LogP contribution is -2.32. The molecule has 1 saturated heterocycles. The van der Waals surface area contributed by atoms with Crippen LogP contribution in [0.5, 0.6) is 0 Å². The number of nitrogen functional groups attached to an aromatic ring is 1. The fraction of sp³-hybridized carbons (Fsp3) is 0.300. The molecule has 0 amide bonds. The molecule has 3 aromatic rings. The third kappa shape index (κ3) is 4.43. The van der Waals surface area contributed by atoms with Crippen molar-refractivity contribution < 1.29 is 16.8 Å². The fourth-order valence-corrected chi connectivity index (χ4v) is 7.04. The molecule has 2 aliphatic rings. The number of nitrogens with one attached hydrogen (secondary N) is 3. The van der Waals surface area contributed by atoms with Crippen LogP contribution in [0.4, 0.5) is 5.95 Å². The zero-order chi connectivity index (χ0) is 24.8. The molecule has 184 valence electrons. The van der Waals surface area contributed by atoms with Crippen LogP contribution in [0, 0.1) is 5.92 Å². The highest BCUT2D eigenvalue weighted by Gasteiger charge is 2.33. The van der Waals surface area contributed by atoms with Gasteiger partial charge in [-0.25, -0.2) is 36.7 Å². The minimum atomic E-state index is -4.57. The van der Waals surface area contributed by atoms with Crippen molar-refractivity contribution in [3.63, 3.8) is 0 Å². The molecular formula is C20H23N9O4S2. The molecule has 13 nitrogen and oxygen atoms in total. The Morgan fingerprint density at radius 2 is 1.94 bits per heavy atom. The largest absolute Gasteiger partial charge is 0.369 e. The van der Waals surface area contributed by atoms with Crippen molar-refractivity contribution in [3.05, 3.63) is 35.9 Å². The van der Waals surface area contributed by atoms with Gasteiger partial charge in [-0.2, -0.15) is 5.11 Å². The van der Waals surface area contributed by atoms with E-state index >= 15 is 0 Å². The number of rotatable bonds is 7. The number of amidine groups is 1. The topological polar surface area (TPSA) is 210 Å². The van der Waals surface area contributed by atoms with E-state index in [9.17, 15) is 16.8 Å². The van der Waals surface area contributed by atoms with Crippen LogP contribution in [0.25, 0.3) is 22.2 Å². The van der Waals surface area contributed by atoms with Gasteiger partial charge >= 0.3 is 0 Å². The molecular weight excluding hydrogens is 494 g/mol. The second kappa shape index (κ2) is 8.76. The smallest absolute Gasteiger partial charge is 0.241 e. The van der Waals surface area contributed by atoms with Gasteiger partial charge in [0.15, 0.2) is 18.5 Å². The Balaban J connectivity index is 1.75. The van der Waals surface area contributed by atoms with Gasteiger partial charge in [-0.1, -0.05) is 18.2 Å². The van der Waals surface area contributed by atoms with E-state index in [-0.39, 0.29) is 36.5 Å². The van der Waals surface area contributed by atoms with Gasteiger partial charge in [0.05, 0.1) is 16.6 Å². The van der Waals surface area contributed by atoms with Crippen LogP contribution in [-0.2, 0) is 20.0 Å². The molecule has 0 unspecified atom stereocenters. The van der Waals surface area contributed by atoms with Gasteiger partial charge in [0.25, 0.3) is 0 Å². The van der Waals surface area contributed by atoms with Crippen LogP contribution in [0.2, 0.25) is 0 Å². The minimum absolute atomic E-state index is 0.0255. The number of sulfonamides is 2. The summed E-state index contributed by atoms with van der Waals surface area (Å²) in [5.74, 6) is 0.224. The van der Waals surface area contributed by atoms with E-state index in [1.807, 2.05) is 0 Å². The zero-order valence-corrected chi connectivity index (χ0v) is 20.0. The summed E-state index contributed by atoms with van der Waals surface area (Å²) in [5.41, 5.74) is 7.66. The molecule has 0 radical (unpaired) electrons. The molecule has 1 aromatic heterocycles. The molecule has 0 saturated carbocycles. The van der Waals surface area contributed by atoms with Crippen LogP contribution >= 0.6 is 0 Å². The van der Waals surface area contributed by atoms with E-state index < -0.39 is 29.8 Å². The Labute approximate surface area is 201 Å². The van der Waals surface area contributed by atoms with Gasteiger partial charge < -0.3 is 16.0 Å². The predicted molar refractivity (Wildman–Crippen MR) is 130 cm³/mol. The summed E-state index contributed by atoms with van der Waals surface area (Å²) in [4.78, 5) is 10.3. The van der Waals surface area contributed by atoms with Crippen LogP contribution in [0.15, 0.2) is 55.3 Å². The van der Waals surface area contributed by atoms with Crippen molar-refractivity contribution in [3.8, 4) is 11.1 Å². The van der Waals surface area contributed by atoms with Crippen molar-refractivity contribution in [2.45, 2.75) is 16.2 Å². The number of imidazole rings is 1. The highest BCUT2D eigenvalue weighted by molar-refractivity contribution is 7.92. The Bertz CT molecular complexity index is 1590. The van der Waals surface area contributed by atoms with E-state index in [0.717, 1.165) is 13.0 Å². The average molecular weight is 518 g/mol. The predicted octanol–water partition coefficient (Wildman–Crippen LogP) is 0.517. The number of aromatic nitrogens is 2. The third-order valence-corrected chi connectivity index (χ3v) is 8.50. The number of hydrogen-bond donors (Lipinski definition) is 5. The first-order chi connectivity index (χ1) is 16.6. The summed E-state index contributed by atoms with van der Waals surface area (Å²) in [6, 6.07) is 7.91. The molecule has 0 bridgehead atoms. The standard InChI is InChI=1S/C20H23N9O4S2/c21-20-27-14-3-1-2-13(17(14)28-20)12-4-5-15(35(32,33)26-9-11-6-7-23-8-11)18(34(22,30)31)16(12)19-24-10-25-29-19/h1-5,11,23,26H,6-10H2,(H3,21,27,28)(H2,22,30,31)/t11-/m1/s1. The molecule has 0 spiro atoms. The fourth-order valence-electron chi connectivity index (χ4n) is 4.32. The average Bonchev–Trinajstić information content (AvgIpc) is 3.57. The maximum absolute atomic E-state index is 13.3. The molecule has 35 heavy (non-hydrogen) atoms. The SMILES string of the molecule is Nc1nc2c(-c3ccc(S(=O)(=O)NC[C@@H]4CCNC4)c(S(N)(=O)=O)c3C3=NCN=N3)cccc2[nH]1. The van der Waals surface area contributed by atoms with Crippen LogP contribution in [-0.4, -0.2) is 58.9 Å². The van der Waals surface area contributed by atoms with E-state index in [4.69, 9.17) is 10.9 Å². The number of nitrogens with two attached hydrogens (primary N) is 2. The monoisotopic (exact) mass is 517 g/mol. The number of benzene rings is 2. The van der Waals surface area contributed by atoms with Gasteiger partial charge in [-0.05, 0) is 43.1 Å². The highest BCUT2D eigenvalue weighted by atomic mass is 32.2. The quantitative estimate of drug-likeness (QED) is 0.299. The van der Waals surface area contributed by atoms with Crippen molar-refractivity contribution >= 4 is 42.9 Å². The number of hydrogen-bond acceptors (Lipinski definition) is 10. The Hall–Kier alpha value is -3.24. The van der Waals surface area contributed by atoms with Crippen molar-refractivity contribution in [2.75, 3.05) is 32.0 Å². The molecule has 2 aromatic carbocycles. The summed E-state index contributed by atoms with van der Waals surface area (Å²) in [5, 5.41) is 16.6. The number of primary sulfonamides is 1. The molecule has 15 heteroatoms. The van der Waals surface area contributed by atoms with Gasteiger partial charge in [-0.3, -0.25) is 0 Å². The van der Waals surface area contributed by atoms with Crippen molar-refractivity contribution in [1.29, 1.82) is 0 Å². The van der Waals surface area contributed by atoms with Gasteiger partial charge in [-0.15, -0.1) is 5.11 Å². The molecule has 5 rings (SSSR count). The van der Waals surface area contributed by atoms with Gasteiger partial charge in [0, 0.05) is 12.1 Å². The molecule has 3 heterocycles. The van der Waals surface area contributed by atoms with Crippen molar-refractivity contribution in [2.24, 2.45) is 26.3 Å². The summed E-state index contributed by atoms with van der Waals surface area (Å²) < 4.78 is 54.9. The number of aliphatic imine (C=N–C) groups is 1. The molecule has 7 N–H and O–H groups in total. The summed E-state index contributed by atoms with van der Waals surface area (Å²) >= 11 is 0. The summed E-state index contributed by atoms with van der Waals surface area (Å²) in [7, 11) is -8.82. The number of fused-ring (bicyclic) bond motifs is 1. The Morgan fingerprint density at radius 3 is 2.63 bits per heavy atom. The first kappa shape index (κ1) is 23.5. The highest BCUT2D eigenvalue weighted by Crippen LogP contribution is 2.37. The summed E-state index contributed by atoms with van der Waals surface area (Å²) in [6.07, 6.45) is 0.808. The lowest BCUT2D eigenvalue weighted by molar-refractivity contribution is 0.536. The number of aromatic amines is 1. The van der Waals surface area contributed by atoms with Crippen molar-refractivity contribution in [1.82, 2.24) is 20.0 Å². The minimum Gasteiger partial charge on any atom is -0.369 e. The number of H-pyrrole nitrogens is 1. The molecule has 2 aliphatic heterocycles. The summed E-state index contributed by atoms with van der Waals surface area (Å²) in [6.45, 7) is 1.59. The van der Waals surface area contributed by atoms with E-state index in [0.29, 0.717) is 28.7 Å². The molecule has 1 atom stereocenters. The van der Waals surface area contributed by atoms with E-state index in [1.54, 1.807) is 18.2 Å². The van der Waals surface area contributed by atoms with Crippen LogP contribution in [0.1, 0.15) is 12.0 Å². The molecule has 0 aliphatic carbocycles. The number of anilines is 1. The van der Waals surface area contributed by atoms with E-state index in [1.165, 1.54) is 12.1 Å². The van der Waals surface area contributed by atoms with Crippen LogP contribution < -0.4 is 20.9 Å². The first-order valence-electron chi connectivity index (χ1n) is 10.7. The maximum atomic E-state index is 13.3. The second-order valence-electron chi connectivity index (χ2n) is 8.26. The Morgan fingerprint density at radius 1 is 1.11 bits per heavy atom. The second-order valence-corrected chi connectivity index (χ2v) is 11.5. The lowest BCUT2D eigenvalue weighted by atomic mass is 9.97. The van der Waals surface area contributed by atoms with Crippen LogP contribution in [0.3, 0.4) is 0 Å². The normalized spacial score (nSPS) is 18.4. The van der Waals surface area contributed by atoms with E-state index in [2.05, 4.69) is 35.2 Å². The lowest BCUT2D eigenvalue weighted by Gasteiger charge is -2.18. The number of para-hydroxylation sites is 1. The first-order valence-corrected chi connectivity index (χ1v) is 13.7. The third-order valence-electron chi connectivity index (χ3n) is 5.91. The zero-order valence-electron chi connectivity index (χ0n) is 18.4. The number of nitrogens with zero attached hydrogens (tertiary/aromatic N) is 4.